The Morgan fingerprint density at radius 2 is 1.95 bits per heavy atom. The molecule has 1 fully saturated rings. The van der Waals surface area contributed by atoms with E-state index in [1.165, 1.54) is 0 Å². The normalized spacial score (nSPS) is 17.1. The van der Waals surface area contributed by atoms with Crippen LogP contribution >= 0.6 is 0 Å². The molecule has 19 heavy (non-hydrogen) atoms. The van der Waals surface area contributed by atoms with E-state index in [1.807, 2.05) is 24.3 Å². The van der Waals surface area contributed by atoms with E-state index in [9.17, 15) is 9.59 Å². The molecule has 1 aromatic rings. The number of rotatable bonds is 5. The van der Waals surface area contributed by atoms with Gasteiger partial charge in [-0.05, 0) is 50.2 Å². The van der Waals surface area contributed by atoms with E-state index >= 15 is 0 Å². The minimum atomic E-state index is 0.0799. The molecule has 102 valence electrons. The average molecular weight is 261 g/mol. The minimum Gasteiger partial charge on any atom is -0.497 e. The first-order valence-electron chi connectivity index (χ1n) is 6.59. The van der Waals surface area contributed by atoms with E-state index in [1.54, 1.807) is 7.11 Å². The second-order valence-corrected chi connectivity index (χ2v) is 4.83. The number of ketones is 1. The predicted molar refractivity (Wildman–Crippen MR) is 72.6 cm³/mol. The molecular weight excluding hydrogens is 242 g/mol. The van der Waals surface area contributed by atoms with E-state index in [2.05, 4.69) is 4.90 Å². The molecule has 1 saturated heterocycles. The number of ether oxygens (including phenoxy) is 1. The van der Waals surface area contributed by atoms with Crippen molar-refractivity contribution in [3.8, 4) is 5.75 Å². The van der Waals surface area contributed by atoms with Crippen molar-refractivity contribution in [2.24, 2.45) is 5.92 Å². The second-order valence-electron chi connectivity index (χ2n) is 4.83. The average Bonchev–Trinajstić information content (AvgIpc) is 2.48. The number of hydrogen-bond donors (Lipinski definition) is 0. The molecule has 1 aliphatic rings. The third-order valence-corrected chi connectivity index (χ3v) is 3.67. The van der Waals surface area contributed by atoms with Crippen molar-refractivity contribution in [3.05, 3.63) is 29.8 Å². The van der Waals surface area contributed by atoms with Crippen LogP contribution in [0.3, 0.4) is 0 Å². The largest absolute Gasteiger partial charge is 0.497 e. The van der Waals surface area contributed by atoms with E-state index in [0.29, 0.717) is 6.54 Å². The van der Waals surface area contributed by atoms with Crippen LogP contribution in [-0.2, 0) is 4.79 Å². The standard InChI is InChI=1S/C15H19NO3/c1-19-14-4-2-12(3-5-14)15(18)13-6-8-16(9-7-13)10-11-17/h2-5,11,13H,6-10H2,1H3. The van der Waals surface area contributed by atoms with Crippen LogP contribution in [-0.4, -0.2) is 43.7 Å². The molecule has 4 nitrogen and oxygen atoms in total. The van der Waals surface area contributed by atoms with Gasteiger partial charge in [0, 0.05) is 11.5 Å². The Kier molecular flexibility index (Phi) is 4.68. The molecule has 0 amide bonds. The fraction of sp³-hybridized carbons (Fsp3) is 0.467. The van der Waals surface area contributed by atoms with Crippen LogP contribution < -0.4 is 4.74 Å². The van der Waals surface area contributed by atoms with Gasteiger partial charge in [0.05, 0.1) is 13.7 Å². The molecule has 4 heteroatoms. The number of carbonyl (C=O) groups is 2. The molecule has 0 bridgehead atoms. The highest BCUT2D eigenvalue weighted by Crippen LogP contribution is 2.22. The summed E-state index contributed by atoms with van der Waals surface area (Å²) in [7, 11) is 1.61. The molecule has 0 saturated carbocycles. The first kappa shape index (κ1) is 13.7. The van der Waals surface area contributed by atoms with Gasteiger partial charge in [-0.1, -0.05) is 0 Å². The lowest BCUT2D eigenvalue weighted by Gasteiger charge is -2.29. The molecule has 1 heterocycles. The molecule has 0 N–H and O–H groups in total. The summed E-state index contributed by atoms with van der Waals surface area (Å²) in [5.41, 5.74) is 0.745. The Bertz CT molecular complexity index is 433. The van der Waals surface area contributed by atoms with E-state index in [-0.39, 0.29) is 11.7 Å². The number of piperidine rings is 1. The van der Waals surface area contributed by atoms with Gasteiger partial charge < -0.3 is 9.53 Å². The third-order valence-electron chi connectivity index (χ3n) is 3.67. The quantitative estimate of drug-likeness (QED) is 0.599. The molecule has 1 aliphatic heterocycles. The van der Waals surface area contributed by atoms with Gasteiger partial charge in [-0.3, -0.25) is 9.69 Å². The Balaban J connectivity index is 1.94. The van der Waals surface area contributed by atoms with Gasteiger partial charge in [-0.2, -0.15) is 0 Å². The summed E-state index contributed by atoms with van der Waals surface area (Å²) in [6.45, 7) is 2.13. The maximum atomic E-state index is 12.3. The van der Waals surface area contributed by atoms with Gasteiger partial charge in [0.25, 0.3) is 0 Å². The molecule has 0 unspecified atom stereocenters. The van der Waals surface area contributed by atoms with Crippen molar-refractivity contribution >= 4 is 12.1 Å². The molecule has 0 aliphatic carbocycles. The molecule has 0 radical (unpaired) electrons. The van der Waals surface area contributed by atoms with Crippen LogP contribution in [0.2, 0.25) is 0 Å². The Hall–Kier alpha value is -1.68. The van der Waals surface area contributed by atoms with Gasteiger partial charge in [-0.15, -0.1) is 0 Å². The first-order valence-corrected chi connectivity index (χ1v) is 6.59. The van der Waals surface area contributed by atoms with Crippen LogP contribution in [0.25, 0.3) is 0 Å². The Labute approximate surface area is 113 Å². The summed E-state index contributed by atoms with van der Waals surface area (Å²) in [6, 6.07) is 7.27. The van der Waals surface area contributed by atoms with E-state index < -0.39 is 0 Å². The number of benzene rings is 1. The summed E-state index contributed by atoms with van der Waals surface area (Å²) in [4.78, 5) is 24.9. The van der Waals surface area contributed by atoms with Crippen molar-refractivity contribution in [1.29, 1.82) is 0 Å². The van der Waals surface area contributed by atoms with Crippen molar-refractivity contribution in [2.45, 2.75) is 12.8 Å². The predicted octanol–water partition coefficient (Wildman–Crippen LogP) is 1.79. The van der Waals surface area contributed by atoms with E-state index in [0.717, 1.165) is 43.5 Å². The summed E-state index contributed by atoms with van der Waals surface area (Å²) in [6.07, 6.45) is 2.59. The lowest BCUT2D eigenvalue weighted by molar-refractivity contribution is -0.109. The van der Waals surface area contributed by atoms with Crippen LogP contribution in [0, 0.1) is 5.92 Å². The number of nitrogens with zero attached hydrogens (tertiary/aromatic N) is 1. The van der Waals surface area contributed by atoms with Gasteiger partial charge in [0.2, 0.25) is 0 Å². The minimum absolute atomic E-state index is 0.0799. The maximum absolute atomic E-state index is 12.3. The smallest absolute Gasteiger partial charge is 0.166 e. The van der Waals surface area contributed by atoms with Crippen molar-refractivity contribution in [3.63, 3.8) is 0 Å². The zero-order valence-corrected chi connectivity index (χ0v) is 11.2. The fourth-order valence-corrected chi connectivity index (χ4v) is 2.47. The summed E-state index contributed by atoms with van der Waals surface area (Å²) in [5.74, 6) is 1.04. The third kappa shape index (κ3) is 3.41. The number of methoxy groups -OCH3 is 1. The summed E-state index contributed by atoms with van der Waals surface area (Å²) >= 11 is 0. The monoisotopic (exact) mass is 261 g/mol. The van der Waals surface area contributed by atoms with Crippen LogP contribution in [0.4, 0.5) is 0 Å². The number of aldehydes is 1. The van der Waals surface area contributed by atoms with E-state index in [4.69, 9.17) is 4.74 Å². The van der Waals surface area contributed by atoms with Crippen LogP contribution in [0.1, 0.15) is 23.2 Å². The SMILES string of the molecule is COc1ccc(C(=O)C2CCN(CC=O)CC2)cc1. The maximum Gasteiger partial charge on any atom is 0.166 e. The highest BCUT2D eigenvalue weighted by Gasteiger charge is 2.25. The van der Waals surface area contributed by atoms with Gasteiger partial charge in [0.1, 0.15) is 12.0 Å². The van der Waals surface area contributed by atoms with Gasteiger partial charge >= 0.3 is 0 Å². The number of carbonyl (C=O) groups excluding carboxylic acids is 2. The number of likely N-dealkylation sites (tertiary alicyclic amines) is 1. The second kappa shape index (κ2) is 6.48. The summed E-state index contributed by atoms with van der Waals surface area (Å²) in [5, 5.41) is 0. The van der Waals surface area contributed by atoms with Crippen molar-refractivity contribution < 1.29 is 14.3 Å². The van der Waals surface area contributed by atoms with Crippen molar-refractivity contribution in [2.75, 3.05) is 26.7 Å². The zero-order valence-electron chi connectivity index (χ0n) is 11.2. The zero-order chi connectivity index (χ0) is 13.7. The highest BCUT2D eigenvalue weighted by molar-refractivity contribution is 5.98. The molecule has 0 atom stereocenters. The highest BCUT2D eigenvalue weighted by atomic mass is 16.5. The lowest BCUT2D eigenvalue weighted by atomic mass is 9.89. The topological polar surface area (TPSA) is 46.6 Å². The summed E-state index contributed by atoms with van der Waals surface area (Å²) < 4.78 is 5.08. The fourth-order valence-electron chi connectivity index (χ4n) is 2.47. The lowest BCUT2D eigenvalue weighted by Crippen LogP contribution is -2.37. The molecular formula is C15H19NO3. The van der Waals surface area contributed by atoms with Gasteiger partial charge in [-0.25, -0.2) is 0 Å². The number of Topliss-reactive ketones (excluding diaryl/α,β-unsaturated/α-hetero) is 1. The molecule has 0 spiro atoms. The van der Waals surface area contributed by atoms with Crippen molar-refractivity contribution in [1.82, 2.24) is 4.90 Å². The first-order chi connectivity index (χ1) is 9.24. The Morgan fingerprint density at radius 3 is 2.47 bits per heavy atom. The Morgan fingerprint density at radius 1 is 1.32 bits per heavy atom. The molecule has 1 aromatic carbocycles. The molecule has 0 aromatic heterocycles. The van der Waals surface area contributed by atoms with Crippen LogP contribution in [0.15, 0.2) is 24.3 Å². The molecule has 2 rings (SSSR count). The number of hydrogen-bond acceptors (Lipinski definition) is 4. The van der Waals surface area contributed by atoms with Crippen LogP contribution in [0.5, 0.6) is 5.75 Å². The van der Waals surface area contributed by atoms with Gasteiger partial charge in [0.15, 0.2) is 5.78 Å².